The third-order valence-corrected chi connectivity index (χ3v) is 5.14. The summed E-state index contributed by atoms with van der Waals surface area (Å²) in [5, 5.41) is 3.82. The fourth-order valence-electron chi connectivity index (χ4n) is 3.93. The molecule has 1 saturated carbocycles. The molecule has 0 aromatic carbocycles. The van der Waals surface area contributed by atoms with Crippen LogP contribution in [0.15, 0.2) is 0 Å². The number of likely N-dealkylation sites (tertiary alicyclic amines) is 1. The van der Waals surface area contributed by atoms with Gasteiger partial charge in [0.15, 0.2) is 0 Å². The van der Waals surface area contributed by atoms with Crippen molar-refractivity contribution in [3.8, 4) is 0 Å². The van der Waals surface area contributed by atoms with Crippen LogP contribution in [0.3, 0.4) is 0 Å². The smallest absolute Gasteiger partial charge is 0.0698 e. The zero-order valence-corrected chi connectivity index (χ0v) is 13.2. The number of rotatable bonds is 5. The Morgan fingerprint density at radius 2 is 2.11 bits per heavy atom. The highest BCUT2D eigenvalue weighted by molar-refractivity contribution is 5.01. The Morgan fingerprint density at radius 1 is 1.32 bits per heavy atom. The molecule has 2 fully saturated rings. The highest BCUT2D eigenvalue weighted by Gasteiger charge is 2.44. The zero-order chi connectivity index (χ0) is 13.9. The number of piperidine rings is 1. The van der Waals surface area contributed by atoms with E-state index in [1.165, 1.54) is 38.6 Å². The highest BCUT2D eigenvalue weighted by atomic mass is 16.5. The van der Waals surface area contributed by atoms with Crippen LogP contribution in [0.1, 0.15) is 52.9 Å². The molecule has 0 bridgehead atoms. The van der Waals surface area contributed by atoms with Gasteiger partial charge in [-0.3, -0.25) is 4.90 Å². The molecule has 3 unspecified atom stereocenters. The van der Waals surface area contributed by atoms with E-state index in [1.807, 2.05) is 7.11 Å². The van der Waals surface area contributed by atoms with Crippen molar-refractivity contribution >= 4 is 0 Å². The second-order valence-electron chi connectivity index (χ2n) is 7.02. The second-order valence-corrected chi connectivity index (χ2v) is 7.02. The fourth-order valence-corrected chi connectivity index (χ4v) is 3.93. The Kier molecular flexibility index (Phi) is 5.27. The standard InChI is InChI=1S/C16H32N2O/c1-5-10-17-15-14(8-9-16(15,2)3)18-11-6-7-13(12-18)19-4/h13-15,17H,5-12H2,1-4H3. The molecule has 1 aliphatic heterocycles. The second kappa shape index (κ2) is 6.55. The minimum absolute atomic E-state index is 0.430. The Morgan fingerprint density at radius 3 is 2.79 bits per heavy atom. The van der Waals surface area contributed by atoms with Gasteiger partial charge in [-0.05, 0) is 50.6 Å². The average molecular weight is 268 g/mol. The van der Waals surface area contributed by atoms with Gasteiger partial charge in [0.25, 0.3) is 0 Å². The molecule has 1 saturated heterocycles. The number of ether oxygens (including phenoxy) is 1. The van der Waals surface area contributed by atoms with Gasteiger partial charge in [0, 0.05) is 25.7 Å². The lowest BCUT2D eigenvalue weighted by atomic mass is 9.86. The first kappa shape index (κ1) is 15.3. The van der Waals surface area contributed by atoms with E-state index < -0.39 is 0 Å². The number of nitrogens with zero attached hydrogens (tertiary/aromatic N) is 1. The molecule has 0 amide bonds. The molecule has 1 aliphatic carbocycles. The van der Waals surface area contributed by atoms with Crippen molar-refractivity contribution in [2.45, 2.75) is 71.1 Å². The molecule has 0 spiro atoms. The zero-order valence-electron chi connectivity index (χ0n) is 13.2. The first-order valence-corrected chi connectivity index (χ1v) is 8.08. The maximum absolute atomic E-state index is 5.59. The van der Waals surface area contributed by atoms with E-state index in [1.54, 1.807) is 0 Å². The number of hydrogen-bond acceptors (Lipinski definition) is 3. The summed E-state index contributed by atoms with van der Waals surface area (Å²) in [7, 11) is 1.86. The van der Waals surface area contributed by atoms with Crippen LogP contribution in [0.2, 0.25) is 0 Å². The molecule has 0 radical (unpaired) electrons. The molecule has 2 aliphatic rings. The average Bonchev–Trinajstić information content (AvgIpc) is 2.71. The summed E-state index contributed by atoms with van der Waals surface area (Å²) in [5.41, 5.74) is 0.430. The molecule has 3 heteroatoms. The Labute approximate surface area is 119 Å². The minimum atomic E-state index is 0.430. The lowest BCUT2D eigenvalue weighted by Gasteiger charge is -2.41. The van der Waals surface area contributed by atoms with Crippen LogP contribution in [0.5, 0.6) is 0 Å². The molecule has 3 nitrogen and oxygen atoms in total. The normalized spacial score (nSPS) is 35.7. The summed E-state index contributed by atoms with van der Waals surface area (Å²) in [6.45, 7) is 10.6. The quantitative estimate of drug-likeness (QED) is 0.829. The van der Waals surface area contributed by atoms with Gasteiger partial charge in [0.05, 0.1) is 6.10 Å². The predicted octanol–water partition coefficient (Wildman–Crippen LogP) is 2.65. The summed E-state index contributed by atoms with van der Waals surface area (Å²) in [5.74, 6) is 0. The number of hydrogen-bond donors (Lipinski definition) is 1. The molecular formula is C16H32N2O. The van der Waals surface area contributed by atoms with Crippen LogP contribution in [0.4, 0.5) is 0 Å². The van der Waals surface area contributed by atoms with E-state index in [2.05, 4.69) is 31.0 Å². The number of nitrogens with one attached hydrogen (secondary N) is 1. The summed E-state index contributed by atoms with van der Waals surface area (Å²) >= 11 is 0. The van der Waals surface area contributed by atoms with Crippen molar-refractivity contribution in [2.75, 3.05) is 26.7 Å². The predicted molar refractivity (Wildman–Crippen MR) is 80.5 cm³/mol. The Hall–Kier alpha value is -0.120. The van der Waals surface area contributed by atoms with Gasteiger partial charge in [0.2, 0.25) is 0 Å². The molecule has 1 heterocycles. The maximum atomic E-state index is 5.59. The van der Waals surface area contributed by atoms with Crippen LogP contribution in [0.25, 0.3) is 0 Å². The van der Waals surface area contributed by atoms with Crippen molar-refractivity contribution in [1.29, 1.82) is 0 Å². The van der Waals surface area contributed by atoms with Gasteiger partial charge in [-0.1, -0.05) is 20.8 Å². The van der Waals surface area contributed by atoms with Crippen molar-refractivity contribution < 1.29 is 4.74 Å². The molecular weight excluding hydrogens is 236 g/mol. The van der Waals surface area contributed by atoms with Gasteiger partial charge in [-0.2, -0.15) is 0 Å². The molecule has 1 N–H and O–H groups in total. The van der Waals surface area contributed by atoms with Crippen LogP contribution in [0, 0.1) is 5.41 Å². The molecule has 0 aromatic heterocycles. The van der Waals surface area contributed by atoms with Crippen LogP contribution in [-0.2, 0) is 4.74 Å². The molecule has 3 atom stereocenters. The Balaban J connectivity index is 2.00. The van der Waals surface area contributed by atoms with Gasteiger partial charge in [0.1, 0.15) is 0 Å². The van der Waals surface area contributed by atoms with E-state index in [-0.39, 0.29) is 0 Å². The summed E-state index contributed by atoms with van der Waals surface area (Å²) < 4.78 is 5.59. The molecule has 2 rings (SSSR count). The SMILES string of the molecule is CCCNC1C(N2CCCC(OC)C2)CCC1(C)C. The van der Waals surface area contributed by atoms with Crippen molar-refractivity contribution in [1.82, 2.24) is 10.2 Å². The van der Waals surface area contributed by atoms with Crippen LogP contribution < -0.4 is 5.32 Å². The van der Waals surface area contributed by atoms with E-state index in [0.29, 0.717) is 23.6 Å². The summed E-state index contributed by atoms with van der Waals surface area (Å²) in [6.07, 6.45) is 6.87. The first-order valence-electron chi connectivity index (χ1n) is 8.08. The molecule has 0 aromatic rings. The summed E-state index contributed by atoms with van der Waals surface area (Å²) in [6, 6.07) is 1.35. The van der Waals surface area contributed by atoms with Crippen molar-refractivity contribution in [2.24, 2.45) is 5.41 Å². The van der Waals surface area contributed by atoms with Crippen molar-refractivity contribution in [3.63, 3.8) is 0 Å². The monoisotopic (exact) mass is 268 g/mol. The highest BCUT2D eigenvalue weighted by Crippen LogP contribution is 2.40. The van der Waals surface area contributed by atoms with Crippen LogP contribution >= 0.6 is 0 Å². The summed E-state index contributed by atoms with van der Waals surface area (Å²) in [4.78, 5) is 2.69. The minimum Gasteiger partial charge on any atom is -0.380 e. The maximum Gasteiger partial charge on any atom is 0.0698 e. The largest absolute Gasteiger partial charge is 0.380 e. The molecule has 112 valence electrons. The van der Waals surface area contributed by atoms with Gasteiger partial charge in [-0.25, -0.2) is 0 Å². The van der Waals surface area contributed by atoms with E-state index in [4.69, 9.17) is 4.74 Å². The topological polar surface area (TPSA) is 24.5 Å². The fraction of sp³-hybridized carbons (Fsp3) is 1.00. The first-order chi connectivity index (χ1) is 9.08. The third-order valence-electron chi connectivity index (χ3n) is 5.14. The lowest BCUT2D eigenvalue weighted by Crippen LogP contribution is -2.55. The van der Waals surface area contributed by atoms with Gasteiger partial charge < -0.3 is 10.1 Å². The molecule has 19 heavy (non-hydrogen) atoms. The van der Waals surface area contributed by atoms with E-state index in [9.17, 15) is 0 Å². The van der Waals surface area contributed by atoms with E-state index in [0.717, 1.165) is 13.1 Å². The third kappa shape index (κ3) is 3.50. The van der Waals surface area contributed by atoms with E-state index >= 15 is 0 Å². The Bertz CT molecular complexity index is 280. The number of methoxy groups -OCH3 is 1. The van der Waals surface area contributed by atoms with Gasteiger partial charge >= 0.3 is 0 Å². The van der Waals surface area contributed by atoms with Gasteiger partial charge in [-0.15, -0.1) is 0 Å². The van der Waals surface area contributed by atoms with Crippen LogP contribution in [-0.4, -0.2) is 49.8 Å². The van der Waals surface area contributed by atoms with Crippen molar-refractivity contribution in [3.05, 3.63) is 0 Å². The lowest BCUT2D eigenvalue weighted by molar-refractivity contribution is 0.00742.